The standard InChI is InChI=1S/C20H23ClFN3O/c1-15(2)13-24-8-10-25(11-9-24)19-4-3-5-20(23-19)26-14-16-6-7-17(21)12-18(16)22/h3-7,12H,1,8-11,13-14H2,2H3. The quantitative estimate of drug-likeness (QED) is 0.709. The van der Waals surface area contributed by atoms with Crippen molar-refractivity contribution in [3.05, 3.63) is 65.0 Å². The molecule has 138 valence electrons. The van der Waals surface area contributed by atoms with E-state index in [-0.39, 0.29) is 12.4 Å². The van der Waals surface area contributed by atoms with Crippen LogP contribution in [-0.4, -0.2) is 42.6 Å². The van der Waals surface area contributed by atoms with Crippen molar-refractivity contribution in [1.82, 2.24) is 9.88 Å². The van der Waals surface area contributed by atoms with Gasteiger partial charge in [0.15, 0.2) is 0 Å². The first-order valence-electron chi connectivity index (χ1n) is 8.67. The van der Waals surface area contributed by atoms with Crippen molar-refractivity contribution in [3.63, 3.8) is 0 Å². The lowest BCUT2D eigenvalue weighted by Crippen LogP contribution is -2.47. The molecule has 0 unspecified atom stereocenters. The lowest BCUT2D eigenvalue weighted by Gasteiger charge is -2.35. The molecule has 0 spiro atoms. The fourth-order valence-electron chi connectivity index (χ4n) is 2.97. The maximum atomic E-state index is 13.8. The summed E-state index contributed by atoms with van der Waals surface area (Å²) < 4.78 is 19.5. The van der Waals surface area contributed by atoms with Crippen LogP contribution in [0.1, 0.15) is 12.5 Å². The van der Waals surface area contributed by atoms with Crippen LogP contribution < -0.4 is 9.64 Å². The van der Waals surface area contributed by atoms with E-state index in [1.807, 2.05) is 12.1 Å². The van der Waals surface area contributed by atoms with Gasteiger partial charge in [0.2, 0.25) is 5.88 Å². The minimum Gasteiger partial charge on any atom is -0.473 e. The van der Waals surface area contributed by atoms with Gasteiger partial charge < -0.3 is 9.64 Å². The molecule has 3 rings (SSSR count). The molecule has 1 aliphatic heterocycles. The molecule has 0 amide bonds. The number of halogens is 2. The average Bonchev–Trinajstić information content (AvgIpc) is 2.61. The Morgan fingerprint density at radius 1 is 1.23 bits per heavy atom. The van der Waals surface area contributed by atoms with Crippen LogP contribution in [0.3, 0.4) is 0 Å². The number of ether oxygens (including phenoxy) is 1. The Balaban J connectivity index is 1.59. The zero-order valence-electron chi connectivity index (χ0n) is 14.9. The van der Waals surface area contributed by atoms with E-state index in [0.717, 1.165) is 38.5 Å². The zero-order valence-corrected chi connectivity index (χ0v) is 15.7. The van der Waals surface area contributed by atoms with Crippen LogP contribution in [0.15, 0.2) is 48.6 Å². The molecule has 0 radical (unpaired) electrons. The van der Waals surface area contributed by atoms with E-state index in [2.05, 4.69) is 28.3 Å². The van der Waals surface area contributed by atoms with Gasteiger partial charge >= 0.3 is 0 Å². The van der Waals surface area contributed by atoms with E-state index in [9.17, 15) is 4.39 Å². The molecule has 6 heteroatoms. The number of hydrogen-bond acceptors (Lipinski definition) is 4. The summed E-state index contributed by atoms with van der Waals surface area (Å²) in [5.74, 6) is 0.998. The second kappa shape index (κ2) is 8.52. The number of pyridine rings is 1. The molecule has 0 atom stereocenters. The first-order valence-corrected chi connectivity index (χ1v) is 9.04. The first-order chi connectivity index (χ1) is 12.5. The summed E-state index contributed by atoms with van der Waals surface area (Å²) >= 11 is 5.77. The first kappa shape index (κ1) is 18.7. The number of anilines is 1. The topological polar surface area (TPSA) is 28.6 Å². The van der Waals surface area contributed by atoms with Gasteiger partial charge in [0.25, 0.3) is 0 Å². The maximum absolute atomic E-state index is 13.8. The van der Waals surface area contributed by atoms with E-state index < -0.39 is 0 Å². The molecular weight excluding hydrogens is 353 g/mol. The molecule has 0 aliphatic carbocycles. The number of hydrogen-bond donors (Lipinski definition) is 0. The third-order valence-electron chi connectivity index (χ3n) is 4.29. The summed E-state index contributed by atoms with van der Waals surface area (Å²) in [7, 11) is 0. The Morgan fingerprint density at radius 2 is 2.00 bits per heavy atom. The Hall–Kier alpha value is -2.11. The molecule has 0 N–H and O–H groups in total. The summed E-state index contributed by atoms with van der Waals surface area (Å²) in [4.78, 5) is 9.20. The van der Waals surface area contributed by atoms with Gasteiger partial charge in [-0.15, -0.1) is 0 Å². The van der Waals surface area contributed by atoms with Crippen LogP contribution in [0, 0.1) is 5.82 Å². The van der Waals surface area contributed by atoms with Crippen LogP contribution >= 0.6 is 11.6 Å². The molecular formula is C20H23ClFN3O. The van der Waals surface area contributed by atoms with Crippen LogP contribution in [0.25, 0.3) is 0 Å². The summed E-state index contributed by atoms with van der Waals surface area (Å²) in [5.41, 5.74) is 1.64. The maximum Gasteiger partial charge on any atom is 0.215 e. The Kier molecular flexibility index (Phi) is 6.12. The number of nitrogens with zero attached hydrogens (tertiary/aromatic N) is 3. The molecule has 1 aromatic carbocycles. The third kappa shape index (κ3) is 4.96. The lowest BCUT2D eigenvalue weighted by molar-refractivity contribution is 0.275. The minimum atomic E-state index is -0.373. The zero-order chi connectivity index (χ0) is 18.5. The van der Waals surface area contributed by atoms with Gasteiger partial charge in [0, 0.05) is 49.4 Å². The smallest absolute Gasteiger partial charge is 0.215 e. The predicted octanol–water partition coefficient (Wildman–Crippen LogP) is 4.15. The molecule has 4 nitrogen and oxygen atoms in total. The van der Waals surface area contributed by atoms with Gasteiger partial charge in [-0.2, -0.15) is 4.98 Å². The van der Waals surface area contributed by atoms with Gasteiger partial charge in [-0.05, 0) is 25.1 Å². The second-order valence-electron chi connectivity index (χ2n) is 6.58. The van der Waals surface area contributed by atoms with Crippen molar-refractivity contribution in [3.8, 4) is 5.88 Å². The van der Waals surface area contributed by atoms with Gasteiger partial charge in [0.05, 0.1) is 0 Å². The molecule has 1 fully saturated rings. The van der Waals surface area contributed by atoms with Crippen molar-refractivity contribution >= 4 is 17.4 Å². The highest BCUT2D eigenvalue weighted by molar-refractivity contribution is 6.30. The number of benzene rings is 1. The summed E-state index contributed by atoms with van der Waals surface area (Å²) in [6.45, 7) is 10.9. The second-order valence-corrected chi connectivity index (χ2v) is 7.02. The number of piperazine rings is 1. The monoisotopic (exact) mass is 375 g/mol. The highest BCUT2D eigenvalue weighted by Gasteiger charge is 2.18. The van der Waals surface area contributed by atoms with Crippen molar-refractivity contribution in [2.24, 2.45) is 0 Å². The molecule has 1 aliphatic rings. The van der Waals surface area contributed by atoms with E-state index >= 15 is 0 Å². The number of rotatable bonds is 6. The molecule has 1 aromatic heterocycles. The fourth-order valence-corrected chi connectivity index (χ4v) is 3.13. The highest BCUT2D eigenvalue weighted by atomic mass is 35.5. The third-order valence-corrected chi connectivity index (χ3v) is 4.52. The highest BCUT2D eigenvalue weighted by Crippen LogP contribution is 2.20. The van der Waals surface area contributed by atoms with Crippen LogP contribution in [0.5, 0.6) is 5.88 Å². The molecule has 0 saturated carbocycles. The molecule has 26 heavy (non-hydrogen) atoms. The number of aromatic nitrogens is 1. The van der Waals surface area contributed by atoms with Crippen molar-refractivity contribution in [2.45, 2.75) is 13.5 Å². The van der Waals surface area contributed by atoms with Gasteiger partial charge in [-0.25, -0.2) is 4.39 Å². The summed E-state index contributed by atoms with van der Waals surface area (Å²) in [5, 5.41) is 0.372. The Bertz CT molecular complexity index is 775. The fraction of sp³-hybridized carbons (Fsp3) is 0.350. The van der Waals surface area contributed by atoms with E-state index in [0.29, 0.717) is 16.5 Å². The molecule has 2 heterocycles. The van der Waals surface area contributed by atoms with Crippen LogP contribution in [0.2, 0.25) is 5.02 Å². The Labute approximate surface area is 158 Å². The minimum absolute atomic E-state index is 0.117. The lowest BCUT2D eigenvalue weighted by atomic mass is 10.2. The van der Waals surface area contributed by atoms with Crippen LogP contribution in [0.4, 0.5) is 10.2 Å². The molecule has 2 aromatic rings. The van der Waals surface area contributed by atoms with Gasteiger partial charge in [-0.1, -0.05) is 35.9 Å². The SMILES string of the molecule is C=C(C)CN1CCN(c2cccc(OCc3ccc(Cl)cc3F)n2)CC1. The van der Waals surface area contributed by atoms with Crippen molar-refractivity contribution < 1.29 is 9.13 Å². The van der Waals surface area contributed by atoms with Crippen molar-refractivity contribution in [2.75, 3.05) is 37.6 Å². The van der Waals surface area contributed by atoms with Crippen LogP contribution in [-0.2, 0) is 6.61 Å². The predicted molar refractivity (Wildman–Crippen MR) is 103 cm³/mol. The van der Waals surface area contributed by atoms with Crippen molar-refractivity contribution in [1.29, 1.82) is 0 Å². The van der Waals surface area contributed by atoms with E-state index in [1.165, 1.54) is 11.6 Å². The van der Waals surface area contributed by atoms with E-state index in [4.69, 9.17) is 16.3 Å². The largest absolute Gasteiger partial charge is 0.473 e. The average molecular weight is 376 g/mol. The van der Waals surface area contributed by atoms with Gasteiger partial charge in [-0.3, -0.25) is 4.90 Å². The summed E-state index contributed by atoms with van der Waals surface area (Å²) in [6.07, 6.45) is 0. The normalized spacial score (nSPS) is 15.1. The van der Waals surface area contributed by atoms with E-state index in [1.54, 1.807) is 18.2 Å². The molecule has 0 bridgehead atoms. The molecule has 1 saturated heterocycles. The Morgan fingerprint density at radius 3 is 2.69 bits per heavy atom. The summed E-state index contributed by atoms with van der Waals surface area (Å²) in [6, 6.07) is 10.2. The van der Waals surface area contributed by atoms with Gasteiger partial charge in [0.1, 0.15) is 18.2 Å².